The van der Waals surface area contributed by atoms with Crippen LogP contribution in [0.4, 0.5) is 0 Å². The van der Waals surface area contributed by atoms with E-state index >= 15 is 0 Å². The Morgan fingerprint density at radius 3 is 2.33 bits per heavy atom. The number of phenolic OH excluding ortho intramolecular Hbond substituents is 1. The highest BCUT2D eigenvalue weighted by Gasteiger charge is 2.37. The molecule has 0 radical (unpaired) electrons. The SMILES string of the molecule is CC(C)(C)c1cccc(C2(CN)CCCC2)c1O. The Kier molecular flexibility index (Phi) is 3.41. The summed E-state index contributed by atoms with van der Waals surface area (Å²) in [6, 6.07) is 6.14. The minimum absolute atomic E-state index is 0.00530. The molecule has 3 N–H and O–H groups in total. The summed E-state index contributed by atoms with van der Waals surface area (Å²) in [6.45, 7) is 7.04. The van der Waals surface area contributed by atoms with Crippen LogP contribution in [0.25, 0.3) is 0 Å². The van der Waals surface area contributed by atoms with Gasteiger partial charge in [-0.05, 0) is 23.8 Å². The standard InChI is InChI=1S/C16H25NO/c1-15(2,3)12-7-6-8-13(14(12)18)16(11-17)9-4-5-10-16/h6-8,18H,4-5,9-11,17H2,1-3H3. The summed E-state index contributed by atoms with van der Waals surface area (Å²) in [6.07, 6.45) is 4.64. The van der Waals surface area contributed by atoms with Crippen molar-refractivity contribution in [1.29, 1.82) is 0 Å². The van der Waals surface area contributed by atoms with Crippen LogP contribution in [-0.2, 0) is 10.8 Å². The maximum atomic E-state index is 10.6. The molecule has 0 aliphatic heterocycles. The van der Waals surface area contributed by atoms with Crippen molar-refractivity contribution in [2.24, 2.45) is 5.73 Å². The third-order valence-corrected chi connectivity index (χ3v) is 4.37. The number of hydrogen-bond acceptors (Lipinski definition) is 2. The molecule has 1 saturated carbocycles. The third-order valence-electron chi connectivity index (χ3n) is 4.37. The lowest BCUT2D eigenvalue weighted by molar-refractivity contribution is 0.393. The predicted octanol–water partition coefficient (Wildman–Crippen LogP) is 3.46. The van der Waals surface area contributed by atoms with Gasteiger partial charge in [-0.3, -0.25) is 0 Å². The monoisotopic (exact) mass is 247 g/mol. The lowest BCUT2D eigenvalue weighted by Gasteiger charge is -2.31. The van der Waals surface area contributed by atoms with E-state index in [9.17, 15) is 5.11 Å². The molecule has 0 saturated heterocycles. The van der Waals surface area contributed by atoms with Crippen LogP contribution in [0.3, 0.4) is 0 Å². The van der Waals surface area contributed by atoms with E-state index in [1.807, 2.05) is 6.07 Å². The molecule has 0 unspecified atom stereocenters. The zero-order valence-corrected chi connectivity index (χ0v) is 11.8. The maximum absolute atomic E-state index is 10.6. The Morgan fingerprint density at radius 2 is 1.83 bits per heavy atom. The number of aromatic hydroxyl groups is 1. The van der Waals surface area contributed by atoms with Crippen LogP contribution in [0.2, 0.25) is 0 Å². The quantitative estimate of drug-likeness (QED) is 0.840. The number of hydrogen-bond donors (Lipinski definition) is 2. The maximum Gasteiger partial charge on any atom is 0.123 e. The first-order valence-corrected chi connectivity index (χ1v) is 6.94. The third kappa shape index (κ3) is 2.14. The molecular formula is C16H25NO. The van der Waals surface area contributed by atoms with Gasteiger partial charge in [0.2, 0.25) is 0 Å². The molecule has 1 aliphatic carbocycles. The molecule has 1 aromatic carbocycles. The van der Waals surface area contributed by atoms with Gasteiger partial charge in [-0.2, -0.15) is 0 Å². The first-order valence-electron chi connectivity index (χ1n) is 6.94. The first-order chi connectivity index (χ1) is 8.41. The predicted molar refractivity (Wildman–Crippen MR) is 76.0 cm³/mol. The Bertz CT molecular complexity index is 425. The van der Waals surface area contributed by atoms with Crippen LogP contribution in [0.15, 0.2) is 18.2 Å². The molecule has 0 atom stereocenters. The van der Waals surface area contributed by atoms with Crippen LogP contribution in [-0.4, -0.2) is 11.7 Å². The van der Waals surface area contributed by atoms with Crippen LogP contribution < -0.4 is 5.73 Å². The second-order valence-corrected chi connectivity index (χ2v) is 6.64. The average Bonchev–Trinajstić information content (AvgIpc) is 2.77. The van der Waals surface area contributed by atoms with Crippen molar-refractivity contribution < 1.29 is 5.11 Å². The van der Waals surface area contributed by atoms with Crippen molar-refractivity contribution in [2.75, 3.05) is 6.54 Å². The summed E-state index contributed by atoms with van der Waals surface area (Å²) >= 11 is 0. The summed E-state index contributed by atoms with van der Waals surface area (Å²) in [7, 11) is 0. The summed E-state index contributed by atoms with van der Waals surface area (Å²) < 4.78 is 0. The van der Waals surface area contributed by atoms with Crippen LogP contribution in [0.1, 0.15) is 57.6 Å². The Balaban J connectivity index is 2.52. The fourth-order valence-corrected chi connectivity index (χ4v) is 3.21. The normalized spacial score (nSPS) is 19.1. The molecule has 2 rings (SSSR count). The fraction of sp³-hybridized carbons (Fsp3) is 0.625. The molecule has 0 heterocycles. The van der Waals surface area contributed by atoms with Gasteiger partial charge in [-0.1, -0.05) is 51.8 Å². The van der Waals surface area contributed by atoms with Gasteiger partial charge in [0, 0.05) is 17.5 Å². The zero-order valence-electron chi connectivity index (χ0n) is 11.8. The minimum atomic E-state index is -0.0332. The van der Waals surface area contributed by atoms with E-state index in [0.717, 1.165) is 24.0 Å². The molecule has 100 valence electrons. The van der Waals surface area contributed by atoms with Crippen LogP contribution in [0, 0.1) is 0 Å². The molecule has 18 heavy (non-hydrogen) atoms. The molecule has 0 amide bonds. The average molecular weight is 247 g/mol. The molecule has 1 aromatic rings. The van der Waals surface area contributed by atoms with Gasteiger partial charge >= 0.3 is 0 Å². The molecule has 0 spiro atoms. The topological polar surface area (TPSA) is 46.2 Å². The van der Waals surface area contributed by atoms with Gasteiger partial charge in [0.05, 0.1) is 0 Å². The van der Waals surface area contributed by atoms with Crippen molar-refractivity contribution >= 4 is 0 Å². The largest absolute Gasteiger partial charge is 0.507 e. The van der Waals surface area contributed by atoms with Gasteiger partial charge < -0.3 is 10.8 Å². The second-order valence-electron chi connectivity index (χ2n) is 6.64. The Morgan fingerprint density at radius 1 is 1.22 bits per heavy atom. The molecule has 0 aromatic heterocycles. The number of rotatable bonds is 2. The van der Waals surface area contributed by atoms with Gasteiger partial charge in [0.25, 0.3) is 0 Å². The second kappa shape index (κ2) is 4.58. The summed E-state index contributed by atoms with van der Waals surface area (Å²) in [4.78, 5) is 0. The smallest absolute Gasteiger partial charge is 0.123 e. The highest BCUT2D eigenvalue weighted by Crippen LogP contribution is 2.46. The minimum Gasteiger partial charge on any atom is -0.507 e. The zero-order chi connectivity index (χ0) is 13.4. The number of phenols is 1. The highest BCUT2D eigenvalue weighted by atomic mass is 16.3. The van der Waals surface area contributed by atoms with E-state index < -0.39 is 0 Å². The summed E-state index contributed by atoms with van der Waals surface area (Å²) in [5.41, 5.74) is 8.08. The van der Waals surface area contributed by atoms with E-state index in [4.69, 9.17) is 5.73 Å². The number of para-hydroxylation sites is 1. The van der Waals surface area contributed by atoms with Crippen LogP contribution in [0.5, 0.6) is 5.75 Å². The van der Waals surface area contributed by atoms with Crippen molar-refractivity contribution in [3.8, 4) is 5.75 Å². The lowest BCUT2D eigenvalue weighted by Crippen LogP contribution is -2.32. The fourth-order valence-electron chi connectivity index (χ4n) is 3.21. The van der Waals surface area contributed by atoms with E-state index in [1.165, 1.54) is 12.8 Å². The van der Waals surface area contributed by atoms with Crippen molar-refractivity contribution in [3.05, 3.63) is 29.3 Å². The van der Waals surface area contributed by atoms with Gasteiger partial charge in [-0.15, -0.1) is 0 Å². The van der Waals surface area contributed by atoms with E-state index in [0.29, 0.717) is 12.3 Å². The van der Waals surface area contributed by atoms with E-state index in [2.05, 4.69) is 32.9 Å². The highest BCUT2D eigenvalue weighted by molar-refractivity contribution is 5.48. The number of benzene rings is 1. The molecule has 2 heteroatoms. The molecule has 1 fully saturated rings. The molecule has 0 bridgehead atoms. The van der Waals surface area contributed by atoms with Gasteiger partial charge in [0.15, 0.2) is 0 Å². The van der Waals surface area contributed by atoms with Crippen molar-refractivity contribution in [1.82, 2.24) is 0 Å². The molecular weight excluding hydrogens is 222 g/mol. The Hall–Kier alpha value is -1.02. The Labute approximate surface area is 110 Å². The van der Waals surface area contributed by atoms with E-state index in [-0.39, 0.29) is 10.8 Å². The van der Waals surface area contributed by atoms with Crippen LogP contribution >= 0.6 is 0 Å². The summed E-state index contributed by atoms with van der Waals surface area (Å²) in [5, 5.41) is 10.6. The summed E-state index contributed by atoms with van der Waals surface area (Å²) in [5.74, 6) is 0.470. The van der Waals surface area contributed by atoms with Crippen molar-refractivity contribution in [3.63, 3.8) is 0 Å². The lowest BCUT2D eigenvalue weighted by atomic mass is 9.75. The molecule has 1 aliphatic rings. The van der Waals surface area contributed by atoms with E-state index in [1.54, 1.807) is 0 Å². The van der Waals surface area contributed by atoms with Gasteiger partial charge in [-0.25, -0.2) is 0 Å². The van der Waals surface area contributed by atoms with Crippen molar-refractivity contribution in [2.45, 2.75) is 57.3 Å². The van der Waals surface area contributed by atoms with Gasteiger partial charge in [0.1, 0.15) is 5.75 Å². The molecule has 2 nitrogen and oxygen atoms in total. The first kappa shape index (κ1) is 13.4. The number of nitrogens with two attached hydrogens (primary N) is 1.